The highest BCUT2D eigenvalue weighted by Gasteiger charge is 2.44. The fraction of sp³-hybridized carbons (Fsp3) is 0.783. The zero-order chi connectivity index (χ0) is 38.3. The quantitative estimate of drug-likeness (QED) is 0.217. The van der Waals surface area contributed by atoms with Crippen LogP contribution in [0.15, 0.2) is 30.3 Å². The molecule has 6 unspecified atom stereocenters. The van der Waals surface area contributed by atoms with Gasteiger partial charge in [-0.3, -0.25) is 14.7 Å². The Morgan fingerprint density at radius 3 is 1.29 bits per heavy atom. The van der Waals surface area contributed by atoms with E-state index < -0.39 is 0 Å². The lowest BCUT2D eigenvalue weighted by Gasteiger charge is -2.51. The average molecular weight is 720 g/mol. The molecule has 3 saturated heterocycles. The van der Waals surface area contributed by atoms with Gasteiger partial charge in [-0.15, -0.1) is 0 Å². The van der Waals surface area contributed by atoms with Gasteiger partial charge in [0.1, 0.15) is 35.6 Å². The first-order valence-electron chi connectivity index (χ1n) is 21.2. The van der Waals surface area contributed by atoms with Gasteiger partial charge >= 0.3 is 0 Å². The Morgan fingerprint density at radius 1 is 0.538 bits per heavy atom. The predicted molar refractivity (Wildman–Crippen MR) is 220 cm³/mol. The van der Waals surface area contributed by atoms with Crippen molar-refractivity contribution >= 4 is 10.8 Å². The SMILES string of the molecule is CCN1C(C(C)C)CC(Oc2ccc3c(OC4CC(C(C)C)N(CC)C(C)(C)C4)cc(OC4CC(C(C)C)N(CC)C(C)(C)C4)cc3c2)CC1(C)C. The van der Waals surface area contributed by atoms with E-state index in [0.717, 1.165) is 86.2 Å². The molecule has 0 amide bonds. The molecule has 0 aromatic heterocycles. The van der Waals surface area contributed by atoms with Crippen molar-refractivity contribution in [3.8, 4) is 17.2 Å². The molecule has 3 fully saturated rings. The third-order valence-corrected chi connectivity index (χ3v) is 13.3. The summed E-state index contributed by atoms with van der Waals surface area (Å²) in [5.74, 6) is 4.50. The minimum atomic E-state index is 0.0667. The summed E-state index contributed by atoms with van der Waals surface area (Å²) in [4.78, 5) is 8.09. The maximum absolute atomic E-state index is 7.16. The Hall–Kier alpha value is -2.02. The summed E-state index contributed by atoms with van der Waals surface area (Å²) in [6.45, 7) is 38.6. The van der Waals surface area contributed by atoms with Gasteiger partial charge in [0.2, 0.25) is 0 Å². The molecular weight excluding hydrogens is 643 g/mol. The number of hydrogen-bond acceptors (Lipinski definition) is 6. The largest absolute Gasteiger partial charge is 0.490 e. The number of likely N-dealkylation sites (tertiary alicyclic amines) is 3. The van der Waals surface area contributed by atoms with Crippen LogP contribution < -0.4 is 14.2 Å². The molecule has 2 aromatic rings. The highest BCUT2D eigenvalue weighted by Crippen LogP contribution is 2.43. The highest BCUT2D eigenvalue weighted by atomic mass is 16.5. The number of benzene rings is 2. The number of piperidine rings is 3. The molecule has 0 aliphatic carbocycles. The molecule has 6 atom stereocenters. The molecule has 0 saturated carbocycles. The Balaban J connectivity index is 1.49. The summed E-state index contributed by atoms with van der Waals surface area (Å²) >= 11 is 0. The van der Waals surface area contributed by atoms with Gasteiger partial charge in [0, 0.05) is 84.7 Å². The van der Waals surface area contributed by atoms with Crippen molar-refractivity contribution in [2.75, 3.05) is 19.6 Å². The molecule has 3 aliphatic rings. The molecule has 0 radical (unpaired) electrons. The lowest BCUT2D eigenvalue weighted by molar-refractivity contribution is -0.0459. The molecule has 6 nitrogen and oxygen atoms in total. The predicted octanol–water partition coefficient (Wildman–Crippen LogP) is 10.8. The molecule has 2 aromatic carbocycles. The Morgan fingerprint density at radius 2 is 0.904 bits per heavy atom. The van der Waals surface area contributed by atoms with Crippen molar-refractivity contribution < 1.29 is 14.2 Å². The van der Waals surface area contributed by atoms with Crippen LogP contribution in [0.25, 0.3) is 10.8 Å². The van der Waals surface area contributed by atoms with Crippen LogP contribution in [0.2, 0.25) is 0 Å². The third kappa shape index (κ3) is 8.76. The van der Waals surface area contributed by atoms with Crippen molar-refractivity contribution in [2.24, 2.45) is 17.8 Å². The summed E-state index contributed by atoms with van der Waals surface area (Å²) < 4.78 is 21.1. The van der Waals surface area contributed by atoms with Crippen LogP contribution in [0.5, 0.6) is 17.2 Å². The molecule has 3 heterocycles. The number of rotatable bonds is 12. The molecular formula is C46H77N3O3. The molecule has 0 N–H and O–H groups in total. The van der Waals surface area contributed by atoms with Crippen LogP contribution in [0.1, 0.15) is 142 Å². The standard InChI is InChI=1S/C46H77N3O3/c1-16-47-40(30(4)5)23-36(27-44(47,10)11)50-34-19-20-39-33(21-34)22-35(51-37-24-41(31(6)7)48(17-2)45(12,13)28-37)26-43(39)52-38-25-42(32(8)9)49(18-3)46(14,15)29-38/h19-22,26,30-32,36-38,40-42H,16-18,23-25,27-29H2,1-15H3. The molecule has 5 rings (SSSR count). The van der Waals surface area contributed by atoms with Gasteiger partial charge in [-0.05, 0) is 109 Å². The van der Waals surface area contributed by atoms with Gasteiger partial charge < -0.3 is 14.2 Å². The van der Waals surface area contributed by atoms with Gasteiger partial charge in [-0.1, -0.05) is 62.3 Å². The van der Waals surface area contributed by atoms with E-state index in [0.29, 0.717) is 35.9 Å². The summed E-state index contributed by atoms with van der Waals surface area (Å²) in [6, 6.07) is 12.6. The lowest BCUT2D eigenvalue weighted by atomic mass is 9.80. The normalized spacial score (nSPS) is 30.0. The summed E-state index contributed by atoms with van der Waals surface area (Å²) in [5, 5.41) is 2.27. The topological polar surface area (TPSA) is 37.4 Å². The van der Waals surface area contributed by atoms with Crippen LogP contribution >= 0.6 is 0 Å². The highest BCUT2D eigenvalue weighted by molar-refractivity contribution is 5.91. The molecule has 294 valence electrons. The monoisotopic (exact) mass is 720 g/mol. The maximum Gasteiger partial charge on any atom is 0.131 e. The Labute approximate surface area is 319 Å². The fourth-order valence-corrected chi connectivity index (χ4v) is 11.1. The molecule has 0 spiro atoms. The zero-order valence-electron chi connectivity index (χ0n) is 36.0. The second kappa shape index (κ2) is 16.0. The number of nitrogens with zero attached hydrogens (tertiary/aromatic N) is 3. The molecule has 6 heteroatoms. The molecule has 3 aliphatic heterocycles. The molecule has 0 bridgehead atoms. The van der Waals surface area contributed by atoms with E-state index in [-0.39, 0.29) is 34.9 Å². The lowest BCUT2D eigenvalue weighted by Crippen LogP contribution is -2.59. The first-order valence-corrected chi connectivity index (χ1v) is 21.2. The third-order valence-electron chi connectivity index (χ3n) is 13.3. The van der Waals surface area contributed by atoms with Crippen molar-refractivity contribution in [2.45, 2.75) is 195 Å². The number of ether oxygens (including phenoxy) is 3. The van der Waals surface area contributed by atoms with Gasteiger partial charge in [-0.25, -0.2) is 0 Å². The minimum absolute atomic E-state index is 0.0667. The maximum atomic E-state index is 7.16. The zero-order valence-corrected chi connectivity index (χ0v) is 36.0. The van der Waals surface area contributed by atoms with E-state index in [1.807, 2.05) is 0 Å². The fourth-order valence-electron chi connectivity index (χ4n) is 11.1. The summed E-state index contributed by atoms with van der Waals surface area (Å²) in [5.41, 5.74) is 0.232. The first-order chi connectivity index (χ1) is 24.3. The second-order valence-electron chi connectivity index (χ2n) is 19.6. The van der Waals surface area contributed by atoms with Crippen LogP contribution in [0, 0.1) is 17.8 Å². The summed E-state index contributed by atoms with van der Waals surface area (Å²) in [6.07, 6.45) is 6.60. The van der Waals surface area contributed by atoms with Crippen molar-refractivity contribution in [1.82, 2.24) is 14.7 Å². The summed E-state index contributed by atoms with van der Waals surface area (Å²) in [7, 11) is 0. The number of fused-ring (bicyclic) bond motifs is 1. The van der Waals surface area contributed by atoms with E-state index in [1.165, 1.54) is 0 Å². The van der Waals surface area contributed by atoms with Crippen LogP contribution in [0.4, 0.5) is 0 Å². The second-order valence-corrected chi connectivity index (χ2v) is 19.6. The van der Waals surface area contributed by atoms with Crippen LogP contribution in [-0.2, 0) is 0 Å². The van der Waals surface area contributed by atoms with E-state index in [2.05, 4.69) is 149 Å². The van der Waals surface area contributed by atoms with E-state index in [1.54, 1.807) is 0 Å². The van der Waals surface area contributed by atoms with Crippen molar-refractivity contribution in [3.63, 3.8) is 0 Å². The van der Waals surface area contributed by atoms with Crippen molar-refractivity contribution in [1.29, 1.82) is 0 Å². The van der Waals surface area contributed by atoms with Gasteiger partial charge in [0.15, 0.2) is 0 Å². The van der Waals surface area contributed by atoms with Crippen molar-refractivity contribution in [3.05, 3.63) is 30.3 Å². The smallest absolute Gasteiger partial charge is 0.131 e. The minimum Gasteiger partial charge on any atom is -0.490 e. The first kappa shape index (κ1) is 41.1. The van der Waals surface area contributed by atoms with E-state index in [9.17, 15) is 0 Å². The molecule has 52 heavy (non-hydrogen) atoms. The van der Waals surface area contributed by atoms with E-state index in [4.69, 9.17) is 14.2 Å². The Kier molecular flexibility index (Phi) is 12.7. The average Bonchev–Trinajstić information content (AvgIpc) is 3.02. The van der Waals surface area contributed by atoms with Crippen LogP contribution in [-0.4, -0.2) is 87.4 Å². The van der Waals surface area contributed by atoms with E-state index >= 15 is 0 Å². The number of hydrogen-bond donors (Lipinski definition) is 0. The van der Waals surface area contributed by atoms with Gasteiger partial charge in [0.05, 0.1) is 0 Å². The van der Waals surface area contributed by atoms with Gasteiger partial charge in [0.25, 0.3) is 0 Å². The van der Waals surface area contributed by atoms with Gasteiger partial charge in [-0.2, -0.15) is 0 Å². The van der Waals surface area contributed by atoms with Crippen LogP contribution in [0.3, 0.4) is 0 Å². The Bertz CT molecular complexity index is 1480.